The molecule has 1 aliphatic heterocycles. The van der Waals surface area contributed by atoms with Gasteiger partial charge in [0.2, 0.25) is 0 Å². The average Bonchev–Trinajstić information content (AvgIpc) is 3.16. The van der Waals surface area contributed by atoms with E-state index in [1.54, 1.807) is 24.4 Å². The second-order valence-corrected chi connectivity index (χ2v) is 6.10. The number of anilines is 1. The van der Waals surface area contributed by atoms with Crippen LogP contribution in [-0.2, 0) is 0 Å². The lowest BCUT2D eigenvalue weighted by atomic mass is 10.1. The summed E-state index contributed by atoms with van der Waals surface area (Å²) in [4.78, 5) is 29.7. The van der Waals surface area contributed by atoms with E-state index >= 15 is 0 Å². The highest BCUT2D eigenvalue weighted by Gasteiger charge is 2.24. The monoisotopic (exact) mass is 340 g/mol. The van der Waals surface area contributed by atoms with Crippen molar-refractivity contribution in [1.29, 1.82) is 0 Å². The van der Waals surface area contributed by atoms with Gasteiger partial charge in [-0.2, -0.15) is 0 Å². The van der Waals surface area contributed by atoms with Gasteiger partial charge in [0.25, 0.3) is 11.6 Å². The Morgan fingerprint density at radius 3 is 2.68 bits per heavy atom. The van der Waals surface area contributed by atoms with E-state index in [1.165, 1.54) is 6.07 Å². The molecule has 1 aromatic heterocycles. The smallest absolute Gasteiger partial charge is 0.293 e. The van der Waals surface area contributed by atoms with Gasteiger partial charge >= 0.3 is 0 Å². The molecule has 1 amide bonds. The van der Waals surface area contributed by atoms with Crippen LogP contribution >= 0.6 is 0 Å². The Morgan fingerprint density at radius 1 is 1.28 bits per heavy atom. The first-order chi connectivity index (χ1) is 12.1. The van der Waals surface area contributed by atoms with Crippen LogP contribution in [0.3, 0.4) is 0 Å². The Bertz CT molecular complexity index is 773. The van der Waals surface area contributed by atoms with Gasteiger partial charge in [0, 0.05) is 30.9 Å². The third-order valence-electron chi connectivity index (χ3n) is 4.36. The average molecular weight is 340 g/mol. The summed E-state index contributed by atoms with van der Waals surface area (Å²) >= 11 is 0. The first-order valence-corrected chi connectivity index (χ1v) is 8.31. The van der Waals surface area contributed by atoms with Crippen molar-refractivity contribution in [2.75, 3.05) is 18.0 Å². The Balaban J connectivity index is 1.80. The summed E-state index contributed by atoms with van der Waals surface area (Å²) in [6.45, 7) is 3.44. The maximum atomic E-state index is 12.5. The van der Waals surface area contributed by atoms with Crippen LogP contribution < -0.4 is 10.2 Å². The number of nitrogens with one attached hydrogen (secondary N) is 1. The summed E-state index contributed by atoms with van der Waals surface area (Å²) in [7, 11) is 0. The molecule has 0 aliphatic carbocycles. The van der Waals surface area contributed by atoms with Crippen LogP contribution in [0, 0.1) is 10.1 Å². The molecule has 0 radical (unpaired) electrons. The van der Waals surface area contributed by atoms with E-state index in [1.807, 2.05) is 24.0 Å². The van der Waals surface area contributed by atoms with Gasteiger partial charge in [-0.25, -0.2) is 0 Å². The molecular formula is C18H20N4O3. The van der Waals surface area contributed by atoms with Crippen LogP contribution in [0.1, 0.15) is 41.9 Å². The molecule has 1 aromatic carbocycles. The van der Waals surface area contributed by atoms with E-state index in [2.05, 4.69) is 10.3 Å². The summed E-state index contributed by atoms with van der Waals surface area (Å²) < 4.78 is 0. The lowest BCUT2D eigenvalue weighted by Crippen LogP contribution is -2.27. The van der Waals surface area contributed by atoms with E-state index in [4.69, 9.17) is 0 Å². The zero-order valence-corrected chi connectivity index (χ0v) is 14.0. The number of aromatic nitrogens is 1. The summed E-state index contributed by atoms with van der Waals surface area (Å²) in [5.41, 5.74) is 1.56. The van der Waals surface area contributed by atoms with Crippen molar-refractivity contribution in [2.45, 2.75) is 25.8 Å². The van der Waals surface area contributed by atoms with Crippen molar-refractivity contribution in [2.24, 2.45) is 0 Å². The maximum Gasteiger partial charge on any atom is 0.293 e. The molecule has 1 saturated heterocycles. The third kappa shape index (κ3) is 3.76. The molecule has 130 valence electrons. The van der Waals surface area contributed by atoms with Gasteiger partial charge in [-0.05, 0) is 44.0 Å². The van der Waals surface area contributed by atoms with Crippen LogP contribution in [-0.4, -0.2) is 28.9 Å². The molecule has 1 unspecified atom stereocenters. The number of hydrogen-bond donors (Lipinski definition) is 1. The quantitative estimate of drug-likeness (QED) is 0.667. The highest BCUT2D eigenvalue weighted by atomic mass is 16.6. The highest BCUT2D eigenvalue weighted by molar-refractivity contribution is 5.96. The second-order valence-electron chi connectivity index (χ2n) is 6.10. The summed E-state index contributed by atoms with van der Waals surface area (Å²) in [5, 5.41) is 14.3. The van der Waals surface area contributed by atoms with Gasteiger partial charge in [0.15, 0.2) is 0 Å². The highest BCUT2D eigenvalue weighted by Crippen LogP contribution is 2.31. The van der Waals surface area contributed by atoms with Gasteiger partial charge in [-0.15, -0.1) is 0 Å². The Hall–Kier alpha value is -2.96. The number of pyridine rings is 1. The summed E-state index contributed by atoms with van der Waals surface area (Å²) in [6.07, 6.45) is 3.72. The first kappa shape index (κ1) is 16.9. The van der Waals surface area contributed by atoms with Gasteiger partial charge in [-0.3, -0.25) is 19.9 Å². The lowest BCUT2D eigenvalue weighted by Gasteiger charge is -2.18. The van der Waals surface area contributed by atoms with Gasteiger partial charge < -0.3 is 10.2 Å². The zero-order valence-electron chi connectivity index (χ0n) is 14.0. The normalized spacial score (nSPS) is 15.0. The van der Waals surface area contributed by atoms with Crippen LogP contribution in [0.5, 0.6) is 0 Å². The fourth-order valence-electron chi connectivity index (χ4n) is 3.02. The van der Waals surface area contributed by atoms with E-state index in [0.29, 0.717) is 5.69 Å². The molecule has 1 atom stereocenters. The van der Waals surface area contributed by atoms with E-state index in [9.17, 15) is 14.9 Å². The molecule has 2 aromatic rings. The molecule has 1 N–H and O–H groups in total. The molecule has 0 saturated carbocycles. The molecular weight excluding hydrogens is 320 g/mol. The second kappa shape index (κ2) is 7.29. The minimum Gasteiger partial charge on any atom is -0.366 e. The number of nitrogens with zero attached hydrogens (tertiary/aromatic N) is 3. The predicted octanol–water partition coefficient (Wildman–Crippen LogP) is 3.08. The largest absolute Gasteiger partial charge is 0.366 e. The lowest BCUT2D eigenvalue weighted by molar-refractivity contribution is -0.384. The van der Waals surface area contributed by atoms with Crippen molar-refractivity contribution in [3.63, 3.8) is 0 Å². The molecule has 7 nitrogen and oxygen atoms in total. The molecule has 3 rings (SSSR count). The van der Waals surface area contributed by atoms with Crippen molar-refractivity contribution in [3.05, 3.63) is 64.0 Å². The van der Waals surface area contributed by atoms with E-state index in [0.717, 1.165) is 31.6 Å². The van der Waals surface area contributed by atoms with Crippen LogP contribution in [0.4, 0.5) is 11.4 Å². The van der Waals surface area contributed by atoms with Crippen LogP contribution in [0.2, 0.25) is 0 Å². The number of nitro benzene ring substituents is 1. The fraction of sp³-hybridized carbons (Fsp3) is 0.333. The number of rotatable bonds is 5. The minimum absolute atomic E-state index is 0.0277. The first-order valence-electron chi connectivity index (χ1n) is 8.31. The maximum absolute atomic E-state index is 12.5. The van der Waals surface area contributed by atoms with Gasteiger partial charge in [-0.1, -0.05) is 6.07 Å². The summed E-state index contributed by atoms with van der Waals surface area (Å²) in [6, 6.07) is 9.85. The fourth-order valence-corrected chi connectivity index (χ4v) is 3.02. The SMILES string of the molecule is CC(NC(=O)c1ccc(N2CCCC2)c([N+](=O)[O-])c1)c1ccccn1. The Morgan fingerprint density at radius 2 is 2.04 bits per heavy atom. The topological polar surface area (TPSA) is 88.4 Å². The minimum atomic E-state index is -0.424. The predicted molar refractivity (Wildman–Crippen MR) is 94.7 cm³/mol. The molecule has 1 fully saturated rings. The molecule has 1 aliphatic rings. The molecule has 2 heterocycles. The van der Waals surface area contributed by atoms with Crippen molar-refractivity contribution in [1.82, 2.24) is 10.3 Å². The van der Waals surface area contributed by atoms with Crippen molar-refractivity contribution < 1.29 is 9.72 Å². The molecule has 25 heavy (non-hydrogen) atoms. The number of benzene rings is 1. The van der Waals surface area contributed by atoms with E-state index in [-0.39, 0.29) is 23.2 Å². The van der Waals surface area contributed by atoms with Crippen LogP contribution in [0.25, 0.3) is 0 Å². The molecule has 0 spiro atoms. The Kier molecular flexibility index (Phi) is 4.92. The number of nitro groups is 1. The molecule has 7 heteroatoms. The zero-order chi connectivity index (χ0) is 17.8. The number of carbonyl (C=O) groups is 1. The Labute approximate surface area is 145 Å². The van der Waals surface area contributed by atoms with Gasteiger partial charge in [0.1, 0.15) is 5.69 Å². The van der Waals surface area contributed by atoms with Crippen molar-refractivity contribution in [3.8, 4) is 0 Å². The number of amides is 1. The van der Waals surface area contributed by atoms with Gasteiger partial charge in [0.05, 0.1) is 16.7 Å². The third-order valence-corrected chi connectivity index (χ3v) is 4.36. The molecule has 0 bridgehead atoms. The standard InChI is InChI=1S/C18H20N4O3/c1-13(15-6-2-3-9-19-15)20-18(23)14-7-8-16(17(12-14)22(24)25)21-10-4-5-11-21/h2-3,6-9,12-13H,4-5,10-11H2,1H3,(H,20,23). The van der Waals surface area contributed by atoms with Crippen LogP contribution in [0.15, 0.2) is 42.6 Å². The number of hydrogen-bond acceptors (Lipinski definition) is 5. The number of carbonyl (C=O) groups excluding carboxylic acids is 1. The summed E-state index contributed by atoms with van der Waals surface area (Å²) in [5.74, 6) is -0.353. The van der Waals surface area contributed by atoms with Crippen molar-refractivity contribution >= 4 is 17.3 Å². The van der Waals surface area contributed by atoms with E-state index < -0.39 is 4.92 Å².